The lowest BCUT2D eigenvalue weighted by Crippen LogP contribution is -1.80. The van der Waals surface area contributed by atoms with Gasteiger partial charge in [-0.25, -0.2) is 0 Å². The van der Waals surface area contributed by atoms with Crippen molar-refractivity contribution >= 4 is 0 Å². The summed E-state index contributed by atoms with van der Waals surface area (Å²) in [7, 11) is 0. The Bertz CT molecular complexity index is 186. The SMILES string of the molecule is [C]1=C/C=C/C=C/CCCCCCCCC\1. The van der Waals surface area contributed by atoms with Gasteiger partial charge in [-0.1, -0.05) is 62.5 Å². The van der Waals surface area contributed by atoms with Crippen molar-refractivity contribution in [3.63, 3.8) is 0 Å². The van der Waals surface area contributed by atoms with Crippen LogP contribution in [0.5, 0.6) is 0 Å². The molecule has 0 amide bonds. The van der Waals surface area contributed by atoms with Crippen molar-refractivity contribution in [3.05, 3.63) is 36.5 Å². The maximum atomic E-state index is 3.31. The first-order chi connectivity index (χ1) is 7.50. The normalized spacial score (nSPS) is 27.2. The Hall–Kier alpha value is -0.780. The fourth-order valence-electron chi connectivity index (χ4n) is 1.82. The van der Waals surface area contributed by atoms with Gasteiger partial charge in [-0.2, -0.15) is 0 Å². The molecule has 0 saturated heterocycles. The minimum Gasteiger partial charge on any atom is -0.0845 e. The molecule has 0 aromatic rings. The van der Waals surface area contributed by atoms with Crippen molar-refractivity contribution in [2.75, 3.05) is 0 Å². The quantitative estimate of drug-likeness (QED) is 0.520. The maximum absolute atomic E-state index is 3.31. The molecule has 0 heteroatoms. The first-order valence-corrected chi connectivity index (χ1v) is 6.38. The molecule has 0 spiro atoms. The molecule has 0 bridgehead atoms. The van der Waals surface area contributed by atoms with E-state index < -0.39 is 0 Å². The Labute approximate surface area is 94.8 Å². The Kier molecular flexibility index (Phi) is 8.00. The van der Waals surface area contributed by atoms with Gasteiger partial charge >= 0.3 is 0 Å². The van der Waals surface area contributed by atoms with Crippen LogP contribution in [-0.2, 0) is 0 Å². The molecular formula is C15H23. The zero-order valence-electron chi connectivity index (χ0n) is 9.75. The maximum Gasteiger partial charge on any atom is -0.0276 e. The predicted molar refractivity (Wildman–Crippen MR) is 67.6 cm³/mol. The second-order valence-electron chi connectivity index (χ2n) is 4.20. The van der Waals surface area contributed by atoms with Crippen LogP contribution in [0.3, 0.4) is 0 Å². The average molecular weight is 203 g/mol. The summed E-state index contributed by atoms with van der Waals surface area (Å²) >= 11 is 0. The van der Waals surface area contributed by atoms with Crippen LogP contribution in [0.1, 0.15) is 57.8 Å². The molecule has 83 valence electrons. The van der Waals surface area contributed by atoms with Gasteiger partial charge in [-0.15, -0.1) is 0 Å². The molecule has 1 radical (unpaired) electrons. The highest BCUT2D eigenvalue weighted by atomic mass is 14.0. The molecular weight excluding hydrogens is 180 g/mol. The lowest BCUT2D eigenvalue weighted by Gasteiger charge is -1.99. The van der Waals surface area contributed by atoms with Crippen LogP contribution in [0.2, 0.25) is 0 Å². The van der Waals surface area contributed by atoms with Crippen molar-refractivity contribution in [2.45, 2.75) is 57.8 Å². The van der Waals surface area contributed by atoms with E-state index >= 15 is 0 Å². The fraction of sp³-hybridized carbons (Fsp3) is 0.600. The van der Waals surface area contributed by atoms with E-state index in [9.17, 15) is 0 Å². The average Bonchev–Trinajstić information content (AvgIpc) is 2.27. The van der Waals surface area contributed by atoms with E-state index in [-0.39, 0.29) is 0 Å². The van der Waals surface area contributed by atoms with Crippen molar-refractivity contribution in [2.24, 2.45) is 0 Å². The van der Waals surface area contributed by atoms with Gasteiger partial charge in [-0.05, 0) is 31.8 Å². The summed E-state index contributed by atoms with van der Waals surface area (Å²) in [6, 6.07) is 0. The van der Waals surface area contributed by atoms with Crippen LogP contribution >= 0.6 is 0 Å². The highest BCUT2D eigenvalue weighted by Gasteiger charge is 1.90. The molecule has 15 heavy (non-hydrogen) atoms. The Morgan fingerprint density at radius 3 is 2.27 bits per heavy atom. The molecule has 0 atom stereocenters. The second-order valence-corrected chi connectivity index (χ2v) is 4.20. The summed E-state index contributed by atoms with van der Waals surface area (Å²) in [6.45, 7) is 0. The summed E-state index contributed by atoms with van der Waals surface area (Å²) in [4.78, 5) is 0. The summed E-state index contributed by atoms with van der Waals surface area (Å²) in [5, 5.41) is 0. The lowest BCUT2D eigenvalue weighted by molar-refractivity contribution is 0.582. The Balaban J connectivity index is 2.25. The lowest BCUT2D eigenvalue weighted by atomic mass is 10.1. The summed E-state index contributed by atoms with van der Waals surface area (Å²) in [5.41, 5.74) is 0. The van der Waals surface area contributed by atoms with Crippen molar-refractivity contribution in [3.8, 4) is 0 Å². The largest absolute Gasteiger partial charge is 0.0845 e. The standard InChI is InChI=1S/C15H23/c1-2-4-6-8-10-12-14-15-13-11-9-7-5-3-1/h1-5H,6,8-15H2/b3-1+,4-2+,7-5?. The van der Waals surface area contributed by atoms with Gasteiger partial charge in [0.25, 0.3) is 0 Å². The summed E-state index contributed by atoms with van der Waals surface area (Å²) in [5.74, 6) is 0. The van der Waals surface area contributed by atoms with Gasteiger partial charge in [0.2, 0.25) is 0 Å². The Morgan fingerprint density at radius 2 is 1.40 bits per heavy atom. The van der Waals surface area contributed by atoms with E-state index in [0.717, 1.165) is 6.42 Å². The zero-order chi connectivity index (χ0) is 10.6. The number of allylic oxidation sites excluding steroid dienone is 6. The topological polar surface area (TPSA) is 0 Å². The molecule has 1 rings (SSSR count). The third-order valence-electron chi connectivity index (χ3n) is 2.76. The highest BCUT2D eigenvalue weighted by molar-refractivity contribution is 5.09. The minimum absolute atomic E-state index is 1.12. The van der Waals surface area contributed by atoms with Crippen LogP contribution < -0.4 is 0 Å². The molecule has 0 aromatic heterocycles. The molecule has 0 heterocycles. The van der Waals surface area contributed by atoms with Gasteiger partial charge in [0.15, 0.2) is 0 Å². The van der Waals surface area contributed by atoms with Crippen molar-refractivity contribution < 1.29 is 0 Å². The van der Waals surface area contributed by atoms with Gasteiger partial charge in [0, 0.05) is 0 Å². The Morgan fingerprint density at radius 1 is 0.667 bits per heavy atom. The van der Waals surface area contributed by atoms with E-state index in [1.54, 1.807) is 0 Å². The molecule has 0 unspecified atom stereocenters. The van der Waals surface area contributed by atoms with E-state index in [2.05, 4.69) is 30.4 Å². The molecule has 1 aliphatic carbocycles. The van der Waals surface area contributed by atoms with Crippen LogP contribution in [-0.4, -0.2) is 0 Å². The van der Waals surface area contributed by atoms with Crippen LogP contribution in [0, 0.1) is 6.08 Å². The minimum atomic E-state index is 1.12. The van der Waals surface area contributed by atoms with Crippen molar-refractivity contribution in [1.82, 2.24) is 0 Å². The third-order valence-corrected chi connectivity index (χ3v) is 2.76. The predicted octanol–water partition coefficient (Wildman–Crippen LogP) is 4.98. The smallest absolute Gasteiger partial charge is 0.0276 e. The van der Waals surface area contributed by atoms with Gasteiger partial charge in [0.1, 0.15) is 0 Å². The first kappa shape index (κ1) is 12.3. The second kappa shape index (κ2) is 9.76. The zero-order valence-corrected chi connectivity index (χ0v) is 9.75. The third kappa shape index (κ3) is 8.23. The van der Waals surface area contributed by atoms with E-state index in [0.29, 0.717) is 0 Å². The molecule has 0 N–H and O–H groups in total. The van der Waals surface area contributed by atoms with Gasteiger partial charge in [0.05, 0.1) is 0 Å². The first-order valence-electron chi connectivity index (χ1n) is 6.38. The fourth-order valence-corrected chi connectivity index (χ4v) is 1.82. The van der Waals surface area contributed by atoms with E-state index in [4.69, 9.17) is 0 Å². The number of hydrogen-bond donors (Lipinski definition) is 0. The van der Waals surface area contributed by atoms with Crippen LogP contribution in [0.25, 0.3) is 0 Å². The molecule has 0 aromatic carbocycles. The molecule has 1 aliphatic rings. The van der Waals surface area contributed by atoms with E-state index in [1.165, 1.54) is 51.4 Å². The highest BCUT2D eigenvalue weighted by Crippen LogP contribution is 2.10. The summed E-state index contributed by atoms with van der Waals surface area (Å²) < 4.78 is 0. The molecule has 0 fully saturated rings. The number of rotatable bonds is 0. The van der Waals surface area contributed by atoms with E-state index in [1.807, 2.05) is 6.08 Å². The van der Waals surface area contributed by atoms with Gasteiger partial charge < -0.3 is 0 Å². The molecule has 0 aliphatic heterocycles. The summed E-state index contributed by atoms with van der Waals surface area (Å²) in [6.07, 6.45) is 26.0. The molecule has 0 saturated carbocycles. The monoisotopic (exact) mass is 203 g/mol. The molecule has 0 nitrogen and oxygen atoms in total. The van der Waals surface area contributed by atoms with Crippen LogP contribution in [0.4, 0.5) is 0 Å². The van der Waals surface area contributed by atoms with Crippen molar-refractivity contribution in [1.29, 1.82) is 0 Å². The van der Waals surface area contributed by atoms with Gasteiger partial charge in [-0.3, -0.25) is 0 Å². The number of hydrogen-bond acceptors (Lipinski definition) is 0. The van der Waals surface area contributed by atoms with Crippen LogP contribution in [0.15, 0.2) is 30.4 Å².